The molecule has 28 heavy (non-hydrogen) atoms. The summed E-state index contributed by atoms with van der Waals surface area (Å²) < 4.78 is 16.8. The van der Waals surface area contributed by atoms with Crippen molar-refractivity contribution in [1.29, 1.82) is 0 Å². The summed E-state index contributed by atoms with van der Waals surface area (Å²) in [4.78, 5) is 27.3. The Morgan fingerprint density at radius 1 is 1.04 bits per heavy atom. The monoisotopic (exact) mass is 381 g/mol. The van der Waals surface area contributed by atoms with E-state index in [-0.39, 0.29) is 11.7 Å². The predicted molar refractivity (Wildman–Crippen MR) is 103 cm³/mol. The number of amides is 1. The molecule has 1 saturated heterocycles. The number of Topliss-reactive ketones (excluding diaryl/α,β-unsaturated/α-hetero) is 1. The number of fused-ring (bicyclic) bond motifs is 1. The highest BCUT2D eigenvalue weighted by molar-refractivity contribution is 6.00. The summed E-state index contributed by atoms with van der Waals surface area (Å²) in [6.45, 7) is 1.07. The molecule has 2 aromatic carbocycles. The number of para-hydroxylation sites is 1. The van der Waals surface area contributed by atoms with Gasteiger partial charge in [0.1, 0.15) is 22.8 Å². The highest BCUT2D eigenvalue weighted by Crippen LogP contribution is 2.39. The van der Waals surface area contributed by atoms with Gasteiger partial charge >= 0.3 is 0 Å². The van der Waals surface area contributed by atoms with E-state index in [1.807, 2.05) is 18.2 Å². The fourth-order valence-electron chi connectivity index (χ4n) is 3.95. The Hall–Kier alpha value is -3.02. The van der Waals surface area contributed by atoms with Gasteiger partial charge in [0.2, 0.25) is 0 Å². The number of carbonyl (C=O) groups excluding carboxylic acids is 2. The van der Waals surface area contributed by atoms with Crippen molar-refractivity contribution < 1.29 is 23.8 Å². The lowest BCUT2D eigenvalue weighted by atomic mass is 9.82. The van der Waals surface area contributed by atoms with Crippen LogP contribution in [0.2, 0.25) is 0 Å². The fourth-order valence-corrected chi connectivity index (χ4v) is 3.95. The molecule has 0 bridgehead atoms. The lowest BCUT2D eigenvalue weighted by Gasteiger charge is -2.44. The molecule has 0 radical (unpaired) electrons. The maximum absolute atomic E-state index is 13.0. The Balaban J connectivity index is 1.49. The quantitative estimate of drug-likeness (QED) is 0.816. The van der Waals surface area contributed by atoms with Crippen LogP contribution in [0.3, 0.4) is 0 Å². The van der Waals surface area contributed by atoms with Crippen molar-refractivity contribution in [2.45, 2.75) is 24.9 Å². The van der Waals surface area contributed by atoms with Crippen LogP contribution in [-0.2, 0) is 0 Å². The molecular weight excluding hydrogens is 358 g/mol. The van der Waals surface area contributed by atoms with Crippen LogP contribution in [0.4, 0.5) is 0 Å². The number of ether oxygens (including phenoxy) is 3. The Morgan fingerprint density at radius 2 is 1.68 bits per heavy atom. The average molecular weight is 381 g/mol. The largest absolute Gasteiger partial charge is 0.497 e. The minimum absolute atomic E-state index is 0.0745. The number of methoxy groups -OCH3 is 2. The van der Waals surface area contributed by atoms with Crippen LogP contribution in [0.5, 0.6) is 17.2 Å². The van der Waals surface area contributed by atoms with Gasteiger partial charge in [-0.25, -0.2) is 0 Å². The minimum atomic E-state index is -0.520. The number of benzene rings is 2. The van der Waals surface area contributed by atoms with Crippen LogP contribution in [0.1, 0.15) is 40.0 Å². The van der Waals surface area contributed by atoms with Gasteiger partial charge in [-0.2, -0.15) is 0 Å². The molecule has 2 aliphatic heterocycles. The summed E-state index contributed by atoms with van der Waals surface area (Å²) in [7, 11) is 3.12. The molecule has 2 aliphatic rings. The van der Waals surface area contributed by atoms with Crippen LogP contribution in [-0.4, -0.2) is 49.5 Å². The van der Waals surface area contributed by atoms with Gasteiger partial charge in [0.05, 0.1) is 26.2 Å². The van der Waals surface area contributed by atoms with Crippen LogP contribution in [0.15, 0.2) is 42.5 Å². The highest BCUT2D eigenvalue weighted by atomic mass is 16.5. The molecule has 4 rings (SSSR count). The van der Waals surface area contributed by atoms with E-state index in [1.165, 1.54) is 0 Å². The third-order valence-corrected chi connectivity index (χ3v) is 5.56. The molecular formula is C22H23NO5. The van der Waals surface area contributed by atoms with Crippen LogP contribution in [0, 0.1) is 0 Å². The number of ketones is 1. The maximum atomic E-state index is 13.0. The normalized spacial score (nSPS) is 17.6. The van der Waals surface area contributed by atoms with Crippen molar-refractivity contribution in [3.05, 3.63) is 53.6 Å². The second-order valence-corrected chi connectivity index (χ2v) is 7.27. The van der Waals surface area contributed by atoms with E-state index in [1.54, 1.807) is 43.4 Å². The third kappa shape index (κ3) is 3.30. The number of nitrogens with zero attached hydrogens (tertiary/aromatic N) is 1. The zero-order chi connectivity index (χ0) is 19.7. The molecule has 0 aromatic heterocycles. The predicted octanol–water partition coefficient (Wildman–Crippen LogP) is 3.34. The molecule has 1 spiro atoms. The Bertz CT molecular complexity index is 893. The number of likely N-dealkylation sites (tertiary alicyclic amines) is 1. The maximum Gasteiger partial charge on any atom is 0.254 e. The number of piperidine rings is 1. The van der Waals surface area contributed by atoms with Crippen molar-refractivity contribution in [3.63, 3.8) is 0 Å². The van der Waals surface area contributed by atoms with Crippen molar-refractivity contribution in [2.75, 3.05) is 27.3 Å². The molecule has 2 aromatic rings. The molecule has 0 unspecified atom stereocenters. The molecule has 6 nitrogen and oxygen atoms in total. The van der Waals surface area contributed by atoms with Gasteiger partial charge in [-0.1, -0.05) is 12.1 Å². The molecule has 1 amide bonds. The van der Waals surface area contributed by atoms with Gasteiger partial charge in [-0.05, 0) is 24.3 Å². The second-order valence-electron chi connectivity index (χ2n) is 7.27. The van der Waals surface area contributed by atoms with Crippen LogP contribution in [0.25, 0.3) is 0 Å². The van der Waals surface area contributed by atoms with E-state index >= 15 is 0 Å². The van der Waals surface area contributed by atoms with Crippen molar-refractivity contribution in [1.82, 2.24) is 4.90 Å². The number of carbonyl (C=O) groups is 2. The zero-order valence-corrected chi connectivity index (χ0v) is 16.1. The molecule has 1 fully saturated rings. The van der Waals surface area contributed by atoms with E-state index in [4.69, 9.17) is 14.2 Å². The standard InChI is InChI=1S/C22H23NO5/c1-26-16-11-15(12-17(13-16)27-2)21(25)23-9-7-22(8-10-23)14-19(24)18-5-3-4-6-20(18)28-22/h3-6,11-13H,7-10,14H2,1-2H3. The Morgan fingerprint density at radius 3 is 2.32 bits per heavy atom. The fraction of sp³-hybridized carbons (Fsp3) is 0.364. The molecule has 0 atom stereocenters. The van der Waals surface area contributed by atoms with E-state index in [9.17, 15) is 9.59 Å². The first-order valence-corrected chi connectivity index (χ1v) is 9.37. The summed E-state index contributed by atoms with van der Waals surface area (Å²) in [6.07, 6.45) is 1.61. The molecule has 146 valence electrons. The van der Waals surface area contributed by atoms with Gasteiger partial charge < -0.3 is 19.1 Å². The molecule has 0 N–H and O–H groups in total. The molecule has 0 saturated carbocycles. The second kappa shape index (κ2) is 7.19. The summed E-state index contributed by atoms with van der Waals surface area (Å²) in [5, 5.41) is 0. The average Bonchev–Trinajstić information content (AvgIpc) is 2.73. The number of hydrogen-bond donors (Lipinski definition) is 0. The molecule has 0 aliphatic carbocycles. The van der Waals surface area contributed by atoms with E-state index < -0.39 is 5.60 Å². The Labute approximate surface area is 164 Å². The molecule has 2 heterocycles. The SMILES string of the molecule is COc1cc(OC)cc(C(=O)N2CCC3(CC2)CC(=O)c2ccccc2O3)c1. The Kier molecular flexibility index (Phi) is 4.71. The van der Waals surface area contributed by atoms with Crippen molar-refractivity contribution >= 4 is 11.7 Å². The number of hydrogen-bond acceptors (Lipinski definition) is 5. The summed E-state index contributed by atoms with van der Waals surface area (Å²) >= 11 is 0. The van der Waals surface area contributed by atoms with Crippen LogP contribution >= 0.6 is 0 Å². The third-order valence-electron chi connectivity index (χ3n) is 5.56. The van der Waals surface area contributed by atoms with Crippen molar-refractivity contribution in [3.8, 4) is 17.2 Å². The lowest BCUT2D eigenvalue weighted by Crippen LogP contribution is -2.52. The van der Waals surface area contributed by atoms with Gasteiger partial charge in [-0.3, -0.25) is 9.59 Å². The van der Waals surface area contributed by atoms with Gasteiger partial charge in [0, 0.05) is 37.6 Å². The first-order chi connectivity index (χ1) is 13.5. The van der Waals surface area contributed by atoms with Gasteiger partial charge in [-0.15, -0.1) is 0 Å². The summed E-state index contributed by atoms with van der Waals surface area (Å²) in [5.41, 5.74) is 0.655. The van der Waals surface area contributed by atoms with E-state index in [0.717, 1.165) is 0 Å². The van der Waals surface area contributed by atoms with E-state index in [2.05, 4.69) is 0 Å². The van der Waals surface area contributed by atoms with Gasteiger partial charge in [0.15, 0.2) is 5.78 Å². The first-order valence-electron chi connectivity index (χ1n) is 9.37. The zero-order valence-electron chi connectivity index (χ0n) is 16.1. The lowest BCUT2D eigenvalue weighted by molar-refractivity contribution is -0.00572. The first kappa shape index (κ1) is 18.3. The highest BCUT2D eigenvalue weighted by Gasteiger charge is 2.43. The van der Waals surface area contributed by atoms with E-state index in [0.29, 0.717) is 60.7 Å². The topological polar surface area (TPSA) is 65.1 Å². The van der Waals surface area contributed by atoms with Crippen molar-refractivity contribution in [2.24, 2.45) is 0 Å². The minimum Gasteiger partial charge on any atom is -0.497 e. The molecule has 6 heteroatoms. The summed E-state index contributed by atoms with van der Waals surface area (Å²) in [6, 6.07) is 12.5. The number of rotatable bonds is 3. The smallest absolute Gasteiger partial charge is 0.254 e. The summed E-state index contributed by atoms with van der Waals surface area (Å²) in [5.74, 6) is 1.84. The van der Waals surface area contributed by atoms with Gasteiger partial charge in [0.25, 0.3) is 5.91 Å². The van der Waals surface area contributed by atoms with Crippen LogP contribution < -0.4 is 14.2 Å².